The van der Waals surface area contributed by atoms with Gasteiger partial charge in [-0.05, 0) is 67.3 Å². The molecule has 0 spiro atoms. The maximum absolute atomic E-state index is 15.3. The standard InChI is InChI=1S/C27H28ClFN4O5/c28-16-10-19-25(32-27(31-19)38-21-12-37-23-20(34)11-36-24(21)23)30-18(16)9-14-4-3-13-7-15(8-17(29)22(13)14)26(35)33-5-1-2-6-33/h7-8,10,14,20-21,23-24,34H,1-6,9,11-12H2,(H,30,31,32)/t14?,20-,21-,23-,24-/m1/s1. The van der Waals surface area contributed by atoms with Crippen molar-refractivity contribution in [2.75, 3.05) is 26.3 Å². The van der Waals surface area contributed by atoms with Gasteiger partial charge in [-0.1, -0.05) is 11.6 Å². The molecule has 0 bridgehead atoms. The monoisotopic (exact) mass is 542 g/mol. The number of pyridine rings is 1. The summed E-state index contributed by atoms with van der Waals surface area (Å²) in [5.41, 5.74) is 3.69. The van der Waals surface area contributed by atoms with Gasteiger partial charge in [0.05, 0.1) is 29.4 Å². The number of carbonyl (C=O) groups excluding carboxylic acids is 1. The Balaban J connectivity index is 1.09. The minimum Gasteiger partial charge on any atom is -0.456 e. The van der Waals surface area contributed by atoms with Crippen LogP contribution in [0.3, 0.4) is 0 Å². The number of fused-ring (bicyclic) bond motifs is 3. The average Bonchev–Trinajstić information content (AvgIpc) is 3.71. The first-order valence-electron chi connectivity index (χ1n) is 13.2. The Labute approximate surface area is 223 Å². The number of benzene rings is 1. The number of hydrogen-bond donors (Lipinski definition) is 2. The van der Waals surface area contributed by atoms with Crippen LogP contribution in [0.15, 0.2) is 18.2 Å². The molecule has 3 aliphatic heterocycles. The molecular weight excluding hydrogens is 515 g/mol. The summed E-state index contributed by atoms with van der Waals surface area (Å²) < 4.78 is 32.5. The number of likely N-dealkylation sites (tertiary alicyclic amines) is 1. The highest BCUT2D eigenvalue weighted by Crippen LogP contribution is 2.39. The normalized spacial score (nSPS) is 28.3. The number of rotatable bonds is 5. The number of amides is 1. The molecule has 1 aromatic carbocycles. The summed E-state index contributed by atoms with van der Waals surface area (Å²) in [5, 5.41) is 10.4. The van der Waals surface area contributed by atoms with Crippen molar-refractivity contribution in [3.63, 3.8) is 0 Å². The van der Waals surface area contributed by atoms with Gasteiger partial charge >= 0.3 is 0 Å². The van der Waals surface area contributed by atoms with Crippen LogP contribution in [0.2, 0.25) is 5.02 Å². The van der Waals surface area contributed by atoms with Crippen molar-refractivity contribution >= 4 is 28.7 Å². The van der Waals surface area contributed by atoms with Crippen LogP contribution in [-0.4, -0.2) is 81.6 Å². The first-order chi connectivity index (χ1) is 18.4. The van der Waals surface area contributed by atoms with Crippen molar-refractivity contribution in [1.29, 1.82) is 0 Å². The van der Waals surface area contributed by atoms with Gasteiger partial charge < -0.3 is 29.2 Å². The largest absolute Gasteiger partial charge is 0.456 e. The van der Waals surface area contributed by atoms with Crippen LogP contribution in [0.4, 0.5) is 4.39 Å². The Hall–Kier alpha value is -2.79. The number of aromatic amines is 1. The number of carbonyl (C=O) groups is 1. The molecule has 3 aromatic rings. The van der Waals surface area contributed by atoms with Crippen molar-refractivity contribution in [1.82, 2.24) is 19.9 Å². The second kappa shape index (κ2) is 9.44. The molecule has 200 valence electrons. The number of imidazole rings is 1. The van der Waals surface area contributed by atoms with E-state index in [4.69, 9.17) is 25.8 Å². The fraction of sp³-hybridized carbons (Fsp3) is 0.519. The maximum atomic E-state index is 15.3. The number of halogens is 2. The lowest BCUT2D eigenvalue weighted by Gasteiger charge is -2.17. The molecule has 3 saturated heterocycles. The van der Waals surface area contributed by atoms with Crippen LogP contribution in [-0.2, 0) is 22.3 Å². The topological polar surface area (TPSA) is 110 Å². The summed E-state index contributed by atoms with van der Waals surface area (Å²) >= 11 is 6.59. The quantitative estimate of drug-likeness (QED) is 0.509. The Morgan fingerprint density at radius 3 is 2.84 bits per heavy atom. The Morgan fingerprint density at radius 2 is 2.00 bits per heavy atom. The van der Waals surface area contributed by atoms with Gasteiger partial charge in [-0.2, -0.15) is 4.98 Å². The van der Waals surface area contributed by atoms with E-state index in [0.717, 1.165) is 37.9 Å². The van der Waals surface area contributed by atoms with E-state index in [9.17, 15) is 9.90 Å². The highest BCUT2D eigenvalue weighted by molar-refractivity contribution is 6.31. The molecule has 5 atom stereocenters. The Kier molecular flexibility index (Phi) is 6.03. The molecule has 7 rings (SSSR count). The summed E-state index contributed by atoms with van der Waals surface area (Å²) in [6, 6.07) is 5.27. The van der Waals surface area contributed by atoms with E-state index in [1.807, 2.05) is 6.07 Å². The summed E-state index contributed by atoms with van der Waals surface area (Å²) in [5.74, 6) is -0.511. The van der Waals surface area contributed by atoms with Crippen LogP contribution in [0.5, 0.6) is 6.01 Å². The number of H-pyrrole nitrogens is 1. The van der Waals surface area contributed by atoms with Gasteiger partial charge in [0, 0.05) is 18.7 Å². The third-order valence-electron chi connectivity index (χ3n) is 8.19. The minimum absolute atomic E-state index is 0.0865. The molecule has 11 heteroatoms. The molecule has 38 heavy (non-hydrogen) atoms. The van der Waals surface area contributed by atoms with Gasteiger partial charge in [0.15, 0.2) is 11.8 Å². The smallest absolute Gasteiger partial charge is 0.296 e. The molecule has 2 aromatic heterocycles. The molecule has 4 aliphatic rings. The zero-order chi connectivity index (χ0) is 26.0. The van der Waals surface area contributed by atoms with Crippen LogP contribution < -0.4 is 4.74 Å². The van der Waals surface area contributed by atoms with E-state index in [1.165, 1.54) is 6.07 Å². The van der Waals surface area contributed by atoms with Gasteiger partial charge in [-0.25, -0.2) is 9.37 Å². The van der Waals surface area contributed by atoms with E-state index < -0.39 is 18.3 Å². The molecule has 1 amide bonds. The van der Waals surface area contributed by atoms with Crippen molar-refractivity contribution in [2.45, 2.75) is 62.4 Å². The van der Waals surface area contributed by atoms with Crippen LogP contribution >= 0.6 is 11.6 Å². The zero-order valence-electron chi connectivity index (χ0n) is 20.7. The lowest BCUT2D eigenvalue weighted by atomic mass is 9.94. The molecule has 3 fully saturated rings. The molecular formula is C27H28ClFN4O5. The summed E-state index contributed by atoms with van der Waals surface area (Å²) in [7, 11) is 0. The fourth-order valence-corrected chi connectivity index (χ4v) is 6.53. The Morgan fingerprint density at radius 1 is 1.18 bits per heavy atom. The number of aromatic nitrogens is 3. The van der Waals surface area contributed by atoms with Crippen LogP contribution in [0.25, 0.3) is 11.2 Å². The van der Waals surface area contributed by atoms with E-state index in [-0.39, 0.29) is 36.4 Å². The minimum atomic E-state index is -0.657. The lowest BCUT2D eigenvalue weighted by molar-refractivity contribution is 0.00706. The first kappa shape index (κ1) is 24.3. The second-order valence-corrected chi connectivity index (χ2v) is 11.0. The summed E-state index contributed by atoms with van der Waals surface area (Å²) in [6.07, 6.45) is 2.13. The number of aliphatic hydroxyl groups is 1. The Bertz CT molecular complexity index is 1410. The highest BCUT2D eigenvalue weighted by atomic mass is 35.5. The number of ether oxygens (including phenoxy) is 3. The molecule has 1 unspecified atom stereocenters. The third kappa shape index (κ3) is 4.14. The lowest BCUT2D eigenvalue weighted by Crippen LogP contribution is -2.34. The first-order valence-corrected chi connectivity index (χ1v) is 13.6. The van der Waals surface area contributed by atoms with Gasteiger partial charge in [0.1, 0.15) is 24.1 Å². The van der Waals surface area contributed by atoms with E-state index in [1.54, 1.807) is 11.0 Å². The number of aliphatic hydroxyl groups excluding tert-OH is 1. The molecule has 2 N–H and O–H groups in total. The summed E-state index contributed by atoms with van der Waals surface area (Å²) in [4.78, 5) is 26.9. The fourth-order valence-electron chi connectivity index (χ4n) is 6.30. The van der Waals surface area contributed by atoms with Crippen molar-refractivity contribution < 1.29 is 28.5 Å². The predicted molar refractivity (Wildman–Crippen MR) is 135 cm³/mol. The van der Waals surface area contributed by atoms with E-state index in [0.29, 0.717) is 52.5 Å². The number of hydrogen-bond acceptors (Lipinski definition) is 7. The average molecular weight is 543 g/mol. The molecule has 1 aliphatic carbocycles. The number of nitrogens with zero attached hydrogens (tertiary/aromatic N) is 3. The van der Waals surface area contributed by atoms with E-state index >= 15 is 4.39 Å². The molecule has 0 radical (unpaired) electrons. The van der Waals surface area contributed by atoms with E-state index in [2.05, 4.69) is 15.0 Å². The predicted octanol–water partition coefficient (Wildman–Crippen LogP) is 3.16. The van der Waals surface area contributed by atoms with Gasteiger partial charge in [-0.15, -0.1) is 0 Å². The number of nitrogens with one attached hydrogen (secondary N) is 1. The van der Waals surface area contributed by atoms with Crippen LogP contribution in [0, 0.1) is 5.82 Å². The van der Waals surface area contributed by atoms with Gasteiger partial charge in [0.25, 0.3) is 11.9 Å². The zero-order valence-corrected chi connectivity index (χ0v) is 21.4. The summed E-state index contributed by atoms with van der Waals surface area (Å²) in [6.45, 7) is 1.98. The van der Waals surface area contributed by atoms with Crippen molar-refractivity contribution in [2.24, 2.45) is 0 Å². The highest BCUT2D eigenvalue weighted by Gasteiger charge is 2.48. The van der Waals surface area contributed by atoms with Gasteiger partial charge in [0.2, 0.25) is 0 Å². The number of aryl methyl sites for hydroxylation is 1. The van der Waals surface area contributed by atoms with Crippen molar-refractivity contribution in [3.05, 3.63) is 51.4 Å². The SMILES string of the molecule is O=C(c1cc(F)c2c(c1)CCC2Cc1nc2nc(O[C@@H]3CO[C@H]4[C@@H]3OC[C@H]4O)[nH]c2cc1Cl)N1CCCC1. The molecule has 0 saturated carbocycles. The van der Waals surface area contributed by atoms with Gasteiger partial charge in [-0.3, -0.25) is 4.79 Å². The second-order valence-electron chi connectivity index (χ2n) is 10.6. The molecule has 5 heterocycles. The maximum Gasteiger partial charge on any atom is 0.296 e. The van der Waals surface area contributed by atoms with Crippen LogP contribution in [0.1, 0.15) is 52.4 Å². The third-order valence-corrected chi connectivity index (χ3v) is 8.52. The molecule has 9 nitrogen and oxygen atoms in total. The van der Waals surface area contributed by atoms with Crippen molar-refractivity contribution in [3.8, 4) is 6.01 Å².